The highest BCUT2D eigenvalue weighted by Crippen LogP contribution is 2.21. The quantitative estimate of drug-likeness (QED) is 0.453. The number of carbonyl (C=O) groups excluding carboxylic acids is 1. The zero-order valence-electron chi connectivity index (χ0n) is 16.0. The monoisotopic (exact) mass is 408 g/mol. The lowest BCUT2D eigenvalue weighted by molar-refractivity contribution is 0.0953. The molecule has 1 amide bonds. The van der Waals surface area contributed by atoms with Gasteiger partial charge in [0.1, 0.15) is 5.82 Å². The Kier molecular flexibility index (Phi) is 5.57. The zero-order valence-corrected chi connectivity index (χ0v) is 16.8. The molecule has 0 fully saturated rings. The van der Waals surface area contributed by atoms with E-state index in [9.17, 15) is 4.79 Å². The number of rotatable bonds is 7. The summed E-state index contributed by atoms with van der Waals surface area (Å²) in [5.74, 6) is 1.43. The van der Waals surface area contributed by atoms with E-state index in [4.69, 9.17) is 16.6 Å². The van der Waals surface area contributed by atoms with Crippen LogP contribution in [-0.2, 0) is 0 Å². The van der Waals surface area contributed by atoms with Gasteiger partial charge in [0.15, 0.2) is 5.82 Å². The van der Waals surface area contributed by atoms with Gasteiger partial charge < -0.3 is 10.6 Å². The summed E-state index contributed by atoms with van der Waals surface area (Å²) < 4.78 is 2.01. The third kappa shape index (κ3) is 4.14. The number of aryl methyl sites for hydroxylation is 1. The van der Waals surface area contributed by atoms with Crippen molar-refractivity contribution in [1.82, 2.24) is 24.9 Å². The van der Waals surface area contributed by atoms with Crippen LogP contribution in [0.3, 0.4) is 0 Å². The fourth-order valence-electron chi connectivity index (χ4n) is 3.23. The van der Waals surface area contributed by atoms with Gasteiger partial charge in [0.25, 0.3) is 5.91 Å². The molecular weight excluding hydrogens is 388 g/mol. The Balaban J connectivity index is 1.33. The summed E-state index contributed by atoms with van der Waals surface area (Å²) in [7, 11) is 0. The summed E-state index contributed by atoms with van der Waals surface area (Å²) in [6, 6.07) is 14.9. The number of benzene rings is 2. The lowest BCUT2D eigenvalue weighted by Gasteiger charge is -2.10. The summed E-state index contributed by atoms with van der Waals surface area (Å²) in [5, 5.41) is 15.3. The van der Waals surface area contributed by atoms with Crippen LogP contribution >= 0.6 is 11.6 Å². The van der Waals surface area contributed by atoms with E-state index in [1.807, 2.05) is 35.6 Å². The smallest absolute Gasteiger partial charge is 0.251 e. The molecule has 2 aromatic carbocycles. The number of hydrogen-bond acceptors (Lipinski definition) is 5. The molecule has 0 saturated heterocycles. The molecule has 0 bridgehead atoms. The number of aromatic nitrogens is 4. The number of nitrogens with one attached hydrogen (secondary N) is 2. The van der Waals surface area contributed by atoms with Crippen LogP contribution in [0.4, 0.5) is 5.82 Å². The lowest BCUT2D eigenvalue weighted by atomic mass is 10.2. The van der Waals surface area contributed by atoms with Gasteiger partial charge in [0, 0.05) is 23.7 Å². The first-order chi connectivity index (χ1) is 14.1. The first-order valence-corrected chi connectivity index (χ1v) is 9.89. The van der Waals surface area contributed by atoms with Crippen molar-refractivity contribution < 1.29 is 4.79 Å². The molecule has 4 rings (SSSR count). The molecule has 0 saturated carbocycles. The van der Waals surface area contributed by atoms with Gasteiger partial charge in [0.2, 0.25) is 5.65 Å². The predicted molar refractivity (Wildman–Crippen MR) is 115 cm³/mol. The average molecular weight is 409 g/mol. The zero-order chi connectivity index (χ0) is 20.2. The van der Waals surface area contributed by atoms with Crippen LogP contribution in [0.25, 0.3) is 16.7 Å². The molecule has 2 heterocycles. The largest absolute Gasteiger partial charge is 0.367 e. The van der Waals surface area contributed by atoms with E-state index in [0.29, 0.717) is 22.9 Å². The molecule has 0 aliphatic rings. The Labute approximate surface area is 173 Å². The number of fused-ring (bicyclic) bond motifs is 3. The van der Waals surface area contributed by atoms with Crippen LogP contribution in [0.2, 0.25) is 5.02 Å². The van der Waals surface area contributed by atoms with E-state index in [-0.39, 0.29) is 5.91 Å². The molecular formula is C21H21ClN6O. The summed E-state index contributed by atoms with van der Waals surface area (Å²) in [4.78, 5) is 16.8. The molecule has 7 nitrogen and oxygen atoms in total. The summed E-state index contributed by atoms with van der Waals surface area (Å²) in [6.07, 6.45) is 1.72. The van der Waals surface area contributed by atoms with Crippen LogP contribution in [-0.4, -0.2) is 38.6 Å². The number of anilines is 1. The van der Waals surface area contributed by atoms with Crippen molar-refractivity contribution in [1.29, 1.82) is 0 Å². The van der Waals surface area contributed by atoms with Crippen molar-refractivity contribution >= 4 is 40.0 Å². The maximum atomic E-state index is 12.1. The standard InChI is InChI=1S/C21H21ClN6O/c1-14-26-27-20-19(25-17-9-2-3-10-18(17)28(14)20)23-11-4-5-12-24-21(29)15-7-6-8-16(22)13-15/h2-3,6-10,13H,4-5,11-12H2,1H3,(H,23,25)(H,24,29). The molecule has 0 radical (unpaired) electrons. The molecule has 0 spiro atoms. The minimum absolute atomic E-state index is 0.114. The molecule has 4 aromatic rings. The van der Waals surface area contributed by atoms with Gasteiger partial charge in [-0.1, -0.05) is 29.8 Å². The van der Waals surface area contributed by atoms with E-state index in [1.165, 1.54) is 0 Å². The Hall–Kier alpha value is -3.19. The highest BCUT2D eigenvalue weighted by atomic mass is 35.5. The van der Waals surface area contributed by atoms with E-state index >= 15 is 0 Å². The second-order valence-electron chi connectivity index (χ2n) is 6.76. The summed E-state index contributed by atoms with van der Waals surface area (Å²) >= 11 is 5.92. The Morgan fingerprint density at radius 3 is 2.76 bits per heavy atom. The topological polar surface area (TPSA) is 84.2 Å². The SMILES string of the molecule is Cc1nnc2c(NCCCCNC(=O)c3cccc(Cl)c3)nc3ccccc3n12. The van der Waals surface area contributed by atoms with Crippen LogP contribution in [0, 0.1) is 6.92 Å². The van der Waals surface area contributed by atoms with Crippen LogP contribution in [0.1, 0.15) is 29.0 Å². The average Bonchev–Trinajstić information content (AvgIpc) is 3.12. The van der Waals surface area contributed by atoms with Crippen molar-refractivity contribution in [2.75, 3.05) is 18.4 Å². The summed E-state index contributed by atoms with van der Waals surface area (Å²) in [6.45, 7) is 3.25. The molecule has 0 unspecified atom stereocenters. The van der Waals surface area contributed by atoms with E-state index in [2.05, 4.69) is 20.8 Å². The van der Waals surface area contributed by atoms with Gasteiger partial charge in [-0.25, -0.2) is 4.98 Å². The van der Waals surface area contributed by atoms with E-state index in [0.717, 1.165) is 41.9 Å². The second-order valence-corrected chi connectivity index (χ2v) is 7.19. The number of para-hydroxylation sites is 2. The lowest BCUT2D eigenvalue weighted by Crippen LogP contribution is -2.24. The number of halogens is 1. The van der Waals surface area contributed by atoms with Crippen LogP contribution < -0.4 is 10.6 Å². The maximum absolute atomic E-state index is 12.1. The Bertz CT molecular complexity index is 1170. The molecule has 0 atom stereocenters. The third-order valence-corrected chi connectivity index (χ3v) is 4.90. The van der Waals surface area contributed by atoms with Gasteiger partial charge in [-0.15, -0.1) is 10.2 Å². The molecule has 0 aliphatic carbocycles. The molecule has 2 aromatic heterocycles. The van der Waals surface area contributed by atoms with Gasteiger partial charge in [0.05, 0.1) is 11.0 Å². The Morgan fingerprint density at radius 1 is 1.07 bits per heavy atom. The van der Waals surface area contributed by atoms with E-state index < -0.39 is 0 Å². The number of hydrogen-bond donors (Lipinski definition) is 2. The molecule has 0 aliphatic heterocycles. The minimum atomic E-state index is -0.114. The van der Waals surface area contributed by atoms with Crippen molar-refractivity contribution in [2.24, 2.45) is 0 Å². The van der Waals surface area contributed by atoms with Crippen LogP contribution in [0.5, 0.6) is 0 Å². The fraction of sp³-hybridized carbons (Fsp3) is 0.238. The van der Waals surface area contributed by atoms with Gasteiger partial charge >= 0.3 is 0 Å². The second kappa shape index (κ2) is 8.45. The predicted octanol–water partition coefficient (Wildman–Crippen LogP) is 3.86. The maximum Gasteiger partial charge on any atom is 0.251 e. The van der Waals surface area contributed by atoms with Gasteiger partial charge in [-0.2, -0.15) is 0 Å². The number of amides is 1. The third-order valence-electron chi connectivity index (χ3n) is 4.66. The molecule has 2 N–H and O–H groups in total. The van der Waals surface area contributed by atoms with Gasteiger partial charge in [-0.3, -0.25) is 9.20 Å². The van der Waals surface area contributed by atoms with Gasteiger partial charge in [-0.05, 0) is 50.1 Å². The highest BCUT2D eigenvalue weighted by molar-refractivity contribution is 6.30. The van der Waals surface area contributed by atoms with Crippen molar-refractivity contribution in [3.05, 3.63) is 64.9 Å². The fourth-order valence-corrected chi connectivity index (χ4v) is 3.42. The minimum Gasteiger partial charge on any atom is -0.367 e. The molecule has 8 heteroatoms. The number of carbonyl (C=O) groups is 1. The number of unbranched alkanes of at least 4 members (excludes halogenated alkanes) is 1. The first-order valence-electron chi connectivity index (χ1n) is 9.51. The first kappa shape index (κ1) is 19.1. The highest BCUT2D eigenvalue weighted by Gasteiger charge is 2.12. The molecule has 29 heavy (non-hydrogen) atoms. The van der Waals surface area contributed by atoms with Crippen molar-refractivity contribution in [3.63, 3.8) is 0 Å². The van der Waals surface area contributed by atoms with Crippen molar-refractivity contribution in [2.45, 2.75) is 19.8 Å². The van der Waals surface area contributed by atoms with Crippen LogP contribution in [0.15, 0.2) is 48.5 Å². The van der Waals surface area contributed by atoms with Crippen molar-refractivity contribution in [3.8, 4) is 0 Å². The molecule has 148 valence electrons. The number of nitrogens with zero attached hydrogens (tertiary/aromatic N) is 4. The normalized spacial score (nSPS) is 11.1. The Morgan fingerprint density at radius 2 is 1.90 bits per heavy atom. The summed E-state index contributed by atoms with van der Waals surface area (Å²) in [5.41, 5.74) is 3.16. The van der Waals surface area contributed by atoms with E-state index in [1.54, 1.807) is 24.3 Å².